The molecule has 0 saturated carbocycles. The lowest BCUT2D eigenvalue weighted by atomic mass is 9.88. The van der Waals surface area contributed by atoms with Gasteiger partial charge in [0.1, 0.15) is 0 Å². The SMILES string of the molecule is N#Cc1ccc([C@@H](O)C2CCCN(C(=O)c3ccccc3)C2)cc1. The second-order valence-electron chi connectivity index (χ2n) is 6.20. The van der Waals surface area contributed by atoms with Crippen LogP contribution < -0.4 is 0 Å². The zero-order valence-electron chi connectivity index (χ0n) is 13.4. The first-order valence-corrected chi connectivity index (χ1v) is 8.21. The molecule has 0 aliphatic carbocycles. The number of amides is 1. The van der Waals surface area contributed by atoms with Gasteiger partial charge in [-0.05, 0) is 42.7 Å². The number of nitriles is 1. The quantitative estimate of drug-likeness (QED) is 0.945. The van der Waals surface area contributed by atoms with Gasteiger partial charge < -0.3 is 10.0 Å². The third-order valence-electron chi connectivity index (χ3n) is 4.59. The van der Waals surface area contributed by atoms with Gasteiger partial charge in [-0.2, -0.15) is 5.26 Å². The summed E-state index contributed by atoms with van der Waals surface area (Å²) >= 11 is 0. The van der Waals surface area contributed by atoms with E-state index in [0.29, 0.717) is 17.7 Å². The van der Waals surface area contributed by atoms with Crippen molar-refractivity contribution in [2.45, 2.75) is 18.9 Å². The average molecular weight is 320 g/mol. The normalized spacial score (nSPS) is 18.7. The molecule has 1 amide bonds. The number of rotatable bonds is 3. The lowest BCUT2D eigenvalue weighted by molar-refractivity contribution is 0.0401. The van der Waals surface area contributed by atoms with E-state index in [2.05, 4.69) is 6.07 Å². The Morgan fingerprint density at radius 2 is 1.88 bits per heavy atom. The summed E-state index contributed by atoms with van der Waals surface area (Å²) in [6.45, 7) is 1.28. The van der Waals surface area contributed by atoms with Gasteiger partial charge in [0.05, 0.1) is 17.7 Å². The molecule has 2 aromatic rings. The van der Waals surface area contributed by atoms with Crippen molar-refractivity contribution in [3.05, 3.63) is 71.3 Å². The van der Waals surface area contributed by atoms with E-state index in [1.165, 1.54) is 0 Å². The molecular formula is C20H20N2O2. The maximum Gasteiger partial charge on any atom is 0.253 e. The Labute approximate surface area is 142 Å². The van der Waals surface area contributed by atoms with Crippen molar-refractivity contribution in [2.24, 2.45) is 5.92 Å². The minimum absolute atomic E-state index is 0.0133. The van der Waals surface area contributed by atoms with Crippen LogP contribution in [0, 0.1) is 17.2 Å². The molecule has 122 valence electrons. The summed E-state index contributed by atoms with van der Waals surface area (Å²) in [5.41, 5.74) is 2.06. The Morgan fingerprint density at radius 1 is 1.17 bits per heavy atom. The molecule has 24 heavy (non-hydrogen) atoms. The molecule has 1 unspecified atom stereocenters. The smallest absolute Gasteiger partial charge is 0.253 e. The maximum atomic E-state index is 12.6. The molecule has 0 radical (unpaired) electrons. The second kappa shape index (κ2) is 7.29. The molecule has 4 nitrogen and oxygen atoms in total. The van der Waals surface area contributed by atoms with Gasteiger partial charge in [0.15, 0.2) is 0 Å². The van der Waals surface area contributed by atoms with Crippen LogP contribution in [0.1, 0.15) is 40.4 Å². The summed E-state index contributed by atoms with van der Waals surface area (Å²) in [5, 5.41) is 19.5. The molecule has 1 fully saturated rings. The molecule has 0 aromatic heterocycles. The third kappa shape index (κ3) is 3.47. The van der Waals surface area contributed by atoms with E-state index in [9.17, 15) is 9.90 Å². The molecule has 1 aliphatic rings. The number of benzene rings is 2. The highest BCUT2D eigenvalue weighted by Gasteiger charge is 2.29. The van der Waals surface area contributed by atoms with Crippen LogP contribution >= 0.6 is 0 Å². The second-order valence-corrected chi connectivity index (χ2v) is 6.20. The number of piperidine rings is 1. The van der Waals surface area contributed by atoms with Crippen molar-refractivity contribution in [1.29, 1.82) is 5.26 Å². The van der Waals surface area contributed by atoms with Crippen molar-refractivity contribution in [3.63, 3.8) is 0 Å². The Morgan fingerprint density at radius 3 is 2.54 bits per heavy atom. The standard InChI is InChI=1S/C20H20N2O2/c21-13-15-8-10-16(11-9-15)19(23)18-7-4-12-22(14-18)20(24)17-5-2-1-3-6-17/h1-3,5-6,8-11,18-19,23H,4,7,12,14H2/t18?,19-/m1/s1. The lowest BCUT2D eigenvalue weighted by Crippen LogP contribution is -2.41. The van der Waals surface area contributed by atoms with Crippen LogP contribution in [0.25, 0.3) is 0 Å². The van der Waals surface area contributed by atoms with Crippen molar-refractivity contribution >= 4 is 5.91 Å². The van der Waals surface area contributed by atoms with Crippen molar-refractivity contribution in [2.75, 3.05) is 13.1 Å². The summed E-state index contributed by atoms with van der Waals surface area (Å²) in [5.74, 6) is 0.0340. The highest BCUT2D eigenvalue weighted by Crippen LogP contribution is 2.30. The van der Waals surface area contributed by atoms with E-state index in [-0.39, 0.29) is 11.8 Å². The highest BCUT2D eigenvalue weighted by atomic mass is 16.3. The van der Waals surface area contributed by atoms with E-state index >= 15 is 0 Å². The molecule has 3 rings (SSSR count). The van der Waals surface area contributed by atoms with Crippen LogP contribution in [0.4, 0.5) is 0 Å². The lowest BCUT2D eigenvalue weighted by Gasteiger charge is -2.35. The number of carbonyl (C=O) groups excluding carboxylic acids is 1. The molecule has 1 saturated heterocycles. The van der Waals surface area contributed by atoms with Crippen LogP contribution in [0.5, 0.6) is 0 Å². The summed E-state index contributed by atoms with van der Waals surface area (Å²) in [6.07, 6.45) is 1.15. The van der Waals surface area contributed by atoms with Crippen LogP contribution in [0.3, 0.4) is 0 Å². The monoisotopic (exact) mass is 320 g/mol. The van der Waals surface area contributed by atoms with E-state index in [4.69, 9.17) is 5.26 Å². The first-order valence-electron chi connectivity index (χ1n) is 8.21. The van der Waals surface area contributed by atoms with Gasteiger partial charge in [0.2, 0.25) is 0 Å². The number of nitrogens with zero attached hydrogens (tertiary/aromatic N) is 2. The van der Waals surface area contributed by atoms with Crippen molar-refractivity contribution in [3.8, 4) is 6.07 Å². The minimum Gasteiger partial charge on any atom is -0.388 e. The van der Waals surface area contributed by atoms with Crippen LogP contribution in [-0.4, -0.2) is 29.0 Å². The topological polar surface area (TPSA) is 64.3 Å². The fraction of sp³-hybridized carbons (Fsp3) is 0.300. The van der Waals surface area contributed by atoms with E-state index < -0.39 is 6.10 Å². The van der Waals surface area contributed by atoms with Crippen LogP contribution in [0.15, 0.2) is 54.6 Å². The predicted molar refractivity (Wildman–Crippen MR) is 91.2 cm³/mol. The number of aliphatic hydroxyl groups excluding tert-OH is 1. The maximum absolute atomic E-state index is 12.6. The number of hydrogen-bond donors (Lipinski definition) is 1. The van der Waals surface area contributed by atoms with Gasteiger partial charge in [-0.15, -0.1) is 0 Å². The van der Waals surface area contributed by atoms with Gasteiger partial charge in [0.25, 0.3) is 5.91 Å². The summed E-state index contributed by atoms with van der Waals surface area (Å²) in [7, 11) is 0. The number of hydrogen-bond acceptors (Lipinski definition) is 3. The van der Waals surface area contributed by atoms with E-state index in [0.717, 1.165) is 24.9 Å². The Kier molecular flexibility index (Phi) is 4.93. The molecule has 1 heterocycles. The predicted octanol–water partition coefficient (Wildman–Crippen LogP) is 3.14. The average Bonchev–Trinajstić information content (AvgIpc) is 2.67. The zero-order valence-corrected chi connectivity index (χ0v) is 13.4. The zero-order chi connectivity index (χ0) is 16.9. The summed E-state index contributed by atoms with van der Waals surface area (Å²) < 4.78 is 0. The first-order chi connectivity index (χ1) is 11.7. The molecule has 1 aliphatic heterocycles. The highest BCUT2D eigenvalue weighted by molar-refractivity contribution is 5.94. The number of aliphatic hydroxyl groups is 1. The molecule has 0 bridgehead atoms. The van der Waals surface area contributed by atoms with E-state index in [1.807, 2.05) is 35.2 Å². The van der Waals surface area contributed by atoms with Gasteiger partial charge in [-0.1, -0.05) is 30.3 Å². The van der Waals surface area contributed by atoms with Crippen molar-refractivity contribution < 1.29 is 9.90 Å². The number of likely N-dealkylation sites (tertiary alicyclic amines) is 1. The molecule has 2 aromatic carbocycles. The minimum atomic E-state index is -0.621. The summed E-state index contributed by atoms with van der Waals surface area (Å²) in [4.78, 5) is 14.4. The van der Waals surface area contributed by atoms with Gasteiger partial charge in [0, 0.05) is 24.6 Å². The fourth-order valence-electron chi connectivity index (χ4n) is 3.24. The molecule has 2 atom stereocenters. The van der Waals surface area contributed by atoms with E-state index in [1.54, 1.807) is 24.3 Å². The van der Waals surface area contributed by atoms with Crippen LogP contribution in [-0.2, 0) is 0 Å². The van der Waals surface area contributed by atoms with Gasteiger partial charge >= 0.3 is 0 Å². The van der Waals surface area contributed by atoms with Gasteiger partial charge in [-0.3, -0.25) is 4.79 Å². The Bertz CT molecular complexity index is 734. The molecule has 1 N–H and O–H groups in total. The summed E-state index contributed by atoms with van der Waals surface area (Å²) in [6, 6.07) is 18.4. The Balaban J connectivity index is 1.70. The van der Waals surface area contributed by atoms with Gasteiger partial charge in [-0.25, -0.2) is 0 Å². The fourth-order valence-corrected chi connectivity index (χ4v) is 3.24. The molecule has 0 spiro atoms. The third-order valence-corrected chi connectivity index (χ3v) is 4.59. The molecule has 4 heteroatoms. The molecular weight excluding hydrogens is 300 g/mol. The Hall–Kier alpha value is -2.64. The number of carbonyl (C=O) groups is 1. The van der Waals surface area contributed by atoms with Crippen LogP contribution in [0.2, 0.25) is 0 Å². The first kappa shape index (κ1) is 16.2. The largest absolute Gasteiger partial charge is 0.388 e. The van der Waals surface area contributed by atoms with Crippen molar-refractivity contribution in [1.82, 2.24) is 4.90 Å².